The van der Waals surface area contributed by atoms with Crippen LogP contribution < -0.4 is 21.3 Å². The van der Waals surface area contributed by atoms with Crippen molar-refractivity contribution >= 4 is 41.5 Å². The molecule has 14 heteroatoms. The SMILES string of the molecule is O=C(O)CC[C@H](NC(=O)[C@@H]1CCC(=O)N1)C(=O)NCC(=O)N[C@@H](CC(=O)O)C(=O)O. The summed E-state index contributed by atoms with van der Waals surface area (Å²) in [5.74, 6) is -7.20. The molecule has 1 aliphatic rings. The van der Waals surface area contributed by atoms with Crippen LogP contribution in [0.15, 0.2) is 0 Å². The molecule has 1 heterocycles. The Kier molecular flexibility index (Phi) is 9.19. The average molecular weight is 430 g/mol. The standard InChI is InChI=1S/C16H22N4O10/c21-10-3-1-8(18-10)15(28)20-7(2-4-12(23)24)14(27)17-6-11(22)19-9(16(29)30)5-13(25)26/h7-9H,1-6H2,(H,17,27)(H,18,21)(H,19,22)(H,20,28)(H,23,24)(H,25,26)(H,29,30)/t7-,8-,9-/m0/s1. The first-order chi connectivity index (χ1) is 14.0. The molecule has 7 N–H and O–H groups in total. The number of carbonyl (C=O) groups excluding carboxylic acids is 4. The summed E-state index contributed by atoms with van der Waals surface area (Å²) in [5, 5.41) is 35.1. The summed E-state index contributed by atoms with van der Waals surface area (Å²) in [4.78, 5) is 79.8. The number of nitrogens with one attached hydrogen (secondary N) is 4. The van der Waals surface area contributed by atoms with Crippen LogP contribution in [0, 0.1) is 0 Å². The first kappa shape index (κ1) is 24.3. The van der Waals surface area contributed by atoms with Crippen LogP contribution in [0.5, 0.6) is 0 Å². The lowest BCUT2D eigenvalue weighted by Crippen LogP contribution is -2.53. The van der Waals surface area contributed by atoms with E-state index in [0.29, 0.717) is 0 Å². The second-order valence-corrected chi connectivity index (χ2v) is 6.43. The number of carboxylic acid groups (broad SMARTS) is 3. The Labute approximate surface area is 169 Å². The van der Waals surface area contributed by atoms with Crippen LogP contribution in [-0.4, -0.2) is 81.5 Å². The molecule has 0 radical (unpaired) electrons. The van der Waals surface area contributed by atoms with Crippen LogP contribution in [-0.2, 0) is 33.6 Å². The van der Waals surface area contributed by atoms with Gasteiger partial charge >= 0.3 is 17.9 Å². The van der Waals surface area contributed by atoms with Gasteiger partial charge in [0.05, 0.1) is 13.0 Å². The monoisotopic (exact) mass is 430 g/mol. The molecule has 1 rings (SSSR count). The highest BCUT2D eigenvalue weighted by atomic mass is 16.4. The lowest BCUT2D eigenvalue weighted by molar-refractivity contribution is -0.147. The van der Waals surface area contributed by atoms with E-state index in [2.05, 4.69) is 16.0 Å². The quantitative estimate of drug-likeness (QED) is 0.164. The maximum Gasteiger partial charge on any atom is 0.326 e. The summed E-state index contributed by atoms with van der Waals surface area (Å²) < 4.78 is 0. The smallest absolute Gasteiger partial charge is 0.326 e. The van der Waals surface area contributed by atoms with Crippen molar-refractivity contribution in [2.75, 3.05) is 6.54 Å². The van der Waals surface area contributed by atoms with E-state index in [1.165, 1.54) is 0 Å². The highest BCUT2D eigenvalue weighted by molar-refractivity contribution is 5.95. The van der Waals surface area contributed by atoms with E-state index in [1.807, 2.05) is 5.32 Å². The predicted molar refractivity (Wildman–Crippen MR) is 94.8 cm³/mol. The molecule has 166 valence electrons. The molecule has 14 nitrogen and oxygen atoms in total. The van der Waals surface area contributed by atoms with E-state index in [4.69, 9.17) is 15.3 Å². The van der Waals surface area contributed by atoms with Gasteiger partial charge in [0.2, 0.25) is 23.6 Å². The van der Waals surface area contributed by atoms with Gasteiger partial charge in [0.15, 0.2) is 0 Å². The lowest BCUT2D eigenvalue weighted by atomic mass is 10.1. The Hall–Kier alpha value is -3.71. The zero-order valence-corrected chi connectivity index (χ0v) is 15.7. The summed E-state index contributed by atoms with van der Waals surface area (Å²) in [6, 6.07) is -3.90. The Bertz CT molecular complexity index is 738. The molecule has 0 aromatic rings. The van der Waals surface area contributed by atoms with Gasteiger partial charge in [-0.15, -0.1) is 0 Å². The molecular weight excluding hydrogens is 408 g/mol. The van der Waals surface area contributed by atoms with Crippen LogP contribution in [0.3, 0.4) is 0 Å². The van der Waals surface area contributed by atoms with Crippen molar-refractivity contribution in [3.05, 3.63) is 0 Å². The zero-order valence-electron chi connectivity index (χ0n) is 15.7. The maximum atomic E-state index is 12.3. The molecule has 4 amide bonds. The second kappa shape index (κ2) is 11.3. The van der Waals surface area contributed by atoms with Gasteiger partial charge in [-0.25, -0.2) is 4.79 Å². The van der Waals surface area contributed by atoms with Crippen LogP contribution in [0.1, 0.15) is 32.1 Å². The van der Waals surface area contributed by atoms with E-state index in [0.717, 1.165) is 0 Å². The van der Waals surface area contributed by atoms with Gasteiger partial charge < -0.3 is 36.6 Å². The lowest BCUT2D eigenvalue weighted by Gasteiger charge is -2.20. The number of carboxylic acids is 3. The molecule has 0 bridgehead atoms. The largest absolute Gasteiger partial charge is 0.481 e. The van der Waals surface area contributed by atoms with Gasteiger partial charge in [-0.3, -0.25) is 28.8 Å². The van der Waals surface area contributed by atoms with Gasteiger partial charge in [-0.1, -0.05) is 0 Å². The number of hydrogen-bond acceptors (Lipinski definition) is 7. The second-order valence-electron chi connectivity index (χ2n) is 6.43. The van der Waals surface area contributed by atoms with E-state index >= 15 is 0 Å². The first-order valence-corrected chi connectivity index (χ1v) is 8.82. The van der Waals surface area contributed by atoms with E-state index < -0.39 is 73.1 Å². The van der Waals surface area contributed by atoms with E-state index in [9.17, 15) is 33.6 Å². The van der Waals surface area contributed by atoms with Crippen LogP contribution in [0.4, 0.5) is 0 Å². The van der Waals surface area contributed by atoms with E-state index in [1.54, 1.807) is 0 Å². The van der Waals surface area contributed by atoms with Crippen molar-refractivity contribution < 1.29 is 48.9 Å². The van der Waals surface area contributed by atoms with Crippen molar-refractivity contribution in [1.82, 2.24) is 21.3 Å². The summed E-state index contributed by atoms with van der Waals surface area (Å²) >= 11 is 0. The van der Waals surface area contributed by atoms with Crippen molar-refractivity contribution in [2.24, 2.45) is 0 Å². The molecule has 0 unspecified atom stereocenters. The van der Waals surface area contributed by atoms with Gasteiger partial charge in [0.25, 0.3) is 0 Å². The average Bonchev–Trinajstić information content (AvgIpc) is 3.08. The number of aliphatic carboxylic acids is 3. The van der Waals surface area contributed by atoms with Crippen LogP contribution in [0.25, 0.3) is 0 Å². The molecule has 0 spiro atoms. The fourth-order valence-corrected chi connectivity index (χ4v) is 2.53. The molecule has 1 saturated heterocycles. The molecule has 30 heavy (non-hydrogen) atoms. The summed E-state index contributed by atoms with van der Waals surface area (Å²) in [6.45, 7) is -0.734. The fraction of sp³-hybridized carbons (Fsp3) is 0.562. The summed E-state index contributed by atoms with van der Waals surface area (Å²) in [7, 11) is 0. The molecule has 1 fully saturated rings. The Balaban J connectivity index is 2.65. The molecule has 0 saturated carbocycles. The summed E-state index contributed by atoms with van der Waals surface area (Å²) in [6.07, 6.45) is -1.31. The first-order valence-electron chi connectivity index (χ1n) is 8.82. The minimum Gasteiger partial charge on any atom is -0.481 e. The third kappa shape index (κ3) is 8.53. The van der Waals surface area contributed by atoms with Crippen molar-refractivity contribution in [1.29, 1.82) is 0 Å². The topological polar surface area (TPSA) is 228 Å². The summed E-state index contributed by atoms with van der Waals surface area (Å²) in [5.41, 5.74) is 0. The van der Waals surface area contributed by atoms with Crippen LogP contribution in [0.2, 0.25) is 0 Å². The molecule has 1 aliphatic heterocycles. The number of hydrogen-bond donors (Lipinski definition) is 7. The predicted octanol–water partition coefficient (Wildman–Crippen LogP) is -3.23. The van der Waals surface area contributed by atoms with Gasteiger partial charge in [-0.05, 0) is 12.8 Å². The zero-order chi connectivity index (χ0) is 22.8. The number of carbonyl (C=O) groups is 7. The Morgan fingerprint density at radius 3 is 2.17 bits per heavy atom. The molecule has 3 atom stereocenters. The van der Waals surface area contributed by atoms with Crippen molar-refractivity contribution in [2.45, 2.75) is 50.2 Å². The maximum absolute atomic E-state index is 12.3. The minimum absolute atomic E-state index is 0.130. The molecule has 0 aliphatic carbocycles. The van der Waals surface area contributed by atoms with Crippen LogP contribution >= 0.6 is 0 Å². The number of amides is 4. The van der Waals surface area contributed by atoms with Gasteiger partial charge in [-0.2, -0.15) is 0 Å². The van der Waals surface area contributed by atoms with Gasteiger partial charge in [0, 0.05) is 12.8 Å². The number of rotatable bonds is 12. The Morgan fingerprint density at radius 1 is 1.00 bits per heavy atom. The molecule has 0 aromatic heterocycles. The minimum atomic E-state index is -1.71. The third-order valence-electron chi connectivity index (χ3n) is 4.03. The third-order valence-corrected chi connectivity index (χ3v) is 4.03. The highest BCUT2D eigenvalue weighted by Gasteiger charge is 2.31. The van der Waals surface area contributed by atoms with Crippen molar-refractivity contribution in [3.63, 3.8) is 0 Å². The Morgan fingerprint density at radius 2 is 1.67 bits per heavy atom. The molecule has 0 aromatic carbocycles. The fourth-order valence-electron chi connectivity index (χ4n) is 2.53. The highest BCUT2D eigenvalue weighted by Crippen LogP contribution is 2.08. The normalized spacial score (nSPS) is 17.2. The van der Waals surface area contributed by atoms with E-state index in [-0.39, 0.29) is 25.2 Å². The molecular formula is C16H22N4O10. The van der Waals surface area contributed by atoms with Crippen molar-refractivity contribution in [3.8, 4) is 0 Å². The van der Waals surface area contributed by atoms with Gasteiger partial charge in [0.1, 0.15) is 18.1 Å².